The molecule has 0 aromatic carbocycles. The summed E-state index contributed by atoms with van der Waals surface area (Å²) in [7, 11) is 0. The zero-order chi connectivity index (χ0) is 17.5. The Balaban J connectivity index is 2.05. The first kappa shape index (κ1) is 17.9. The van der Waals surface area contributed by atoms with Crippen LogP contribution >= 0.6 is 0 Å². The molecule has 0 radical (unpaired) electrons. The van der Waals surface area contributed by atoms with Gasteiger partial charge >= 0.3 is 5.63 Å². The van der Waals surface area contributed by atoms with Gasteiger partial charge in [-0.05, 0) is 43.0 Å². The van der Waals surface area contributed by atoms with E-state index in [0.717, 1.165) is 18.4 Å². The minimum absolute atomic E-state index is 0.0913. The van der Waals surface area contributed by atoms with Crippen molar-refractivity contribution in [3.63, 3.8) is 0 Å². The van der Waals surface area contributed by atoms with Crippen molar-refractivity contribution in [1.82, 2.24) is 10.3 Å². The largest absolute Gasteiger partial charge is 0.427 e. The maximum atomic E-state index is 12.3. The molecule has 0 spiro atoms. The molecule has 24 heavy (non-hydrogen) atoms. The average molecular weight is 328 g/mol. The summed E-state index contributed by atoms with van der Waals surface area (Å²) in [4.78, 5) is 28.5. The maximum absolute atomic E-state index is 12.3. The van der Waals surface area contributed by atoms with E-state index in [0.29, 0.717) is 24.3 Å². The number of hydrogen-bond donors (Lipinski definition) is 1. The summed E-state index contributed by atoms with van der Waals surface area (Å²) in [6.07, 6.45) is 6.09. The molecule has 0 aliphatic carbocycles. The molecule has 0 fully saturated rings. The van der Waals surface area contributed by atoms with Gasteiger partial charge in [-0.25, -0.2) is 4.79 Å². The molecule has 1 unspecified atom stereocenters. The van der Waals surface area contributed by atoms with Crippen LogP contribution in [0.4, 0.5) is 0 Å². The Bertz CT molecular complexity index is 738. The summed E-state index contributed by atoms with van der Waals surface area (Å²) in [5.41, 5.74) is 1.22. The van der Waals surface area contributed by atoms with E-state index in [1.165, 1.54) is 0 Å². The number of carbonyl (C=O) groups is 1. The second-order valence-corrected chi connectivity index (χ2v) is 6.05. The molecule has 0 aliphatic rings. The van der Waals surface area contributed by atoms with Crippen molar-refractivity contribution in [3.05, 3.63) is 63.5 Å². The fourth-order valence-corrected chi connectivity index (χ4v) is 2.68. The first-order valence-corrected chi connectivity index (χ1v) is 8.34. The third-order valence-corrected chi connectivity index (χ3v) is 4.02. The number of hydrogen-bond acceptors (Lipinski definition) is 4. The van der Waals surface area contributed by atoms with E-state index in [4.69, 9.17) is 4.42 Å². The monoisotopic (exact) mass is 328 g/mol. The lowest BCUT2D eigenvalue weighted by Gasteiger charge is -2.12. The summed E-state index contributed by atoms with van der Waals surface area (Å²) >= 11 is 0. The van der Waals surface area contributed by atoms with E-state index in [1.807, 2.05) is 19.1 Å². The zero-order valence-electron chi connectivity index (χ0n) is 14.5. The number of rotatable bonds is 7. The zero-order valence-corrected chi connectivity index (χ0v) is 14.5. The minimum Gasteiger partial charge on any atom is -0.427 e. The van der Waals surface area contributed by atoms with Crippen molar-refractivity contribution in [2.75, 3.05) is 6.54 Å². The van der Waals surface area contributed by atoms with Crippen LogP contribution in [-0.4, -0.2) is 17.4 Å². The Hall–Kier alpha value is -2.43. The Kier molecular flexibility index (Phi) is 6.29. The second kappa shape index (κ2) is 8.43. The number of aryl methyl sites for hydroxylation is 1. The third-order valence-electron chi connectivity index (χ3n) is 4.02. The predicted molar refractivity (Wildman–Crippen MR) is 93.3 cm³/mol. The highest BCUT2D eigenvalue weighted by atomic mass is 16.4. The summed E-state index contributed by atoms with van der Waals surface area (Å²) in [5, 5.41) is 2.78. The van der Waals surface area contributed by atoms with Gasteiger partial charge in [-0.1, -0.05) is 26.3 Å². The molecule has 1 atom stereocenters. The van der Waals surface area contributed by atoms with Crippen molar-refractivity contribution < 1.29 is 9.21 Å². The van der Waals surface area contributed by atoms with Crippen LogP contribution in [0.25, 0.3) is 0 Å². The van der Waals surface area contributed by atoms with E-state index >= 15 is 0 Å². The average Bonchev–Trinajstić information content (AvgIpc) is 2.55. The van der Waals surface area contributed by atoms with Crippen LogP contribution < -0.4 is 10.9 Å². The van der Waals surface area contributed by atoms with Gasteiger partial charge in [0.1, 0.15) is 11.3 Å². The first-order chi connectivity index (χ1) is 11.5. The summed E-state index contributed by atoms with van der Waals surface area (Å²) in [6.45, 7) is 6.33. The number of nitrogens with zero attached hydrogens (tertiary/aromatic N) is 1. The summed E-state index contributed by atoms with van der Waals surface area (Å²) < 4.78 is 5.36. The molecular weight excluding hydrogens is 304 g/mol. The van der Waals surface area contributed by atoms with E-state index in [1.54, 1.807) is 25.4 Å². The Morgan fingerprint density at radius 3 is 2.83 bits per heavy atom. The molecule has 0 bridgehead atoms. The van der Waals surface area contributed by atoms with Crippen molar-refractivity contribution >= 4 is 5.91 Å². The lowest BCUT2D eigenvalue weighted by atomic mass is 10.0. The van der Waals surface area contributed by atoms with Crippen LogP contribution in [0.3, 0.4) is 0 Å². The highest BCUT2D eigenvalue weighted by Crippen LogP contribution is 2.21. The SMILES string of the molecule is CCCC(C)c1cc(C)c(C(=O)NCCc2cccnc2)c(=O)o1. The molecule has 0 aliphatic heterocycles. The Labute approximate surface area is 142 Å². The molecule has 2 aromatic heterocycles. The molecular formula is C19H24N2O3. The van der Waals surface area contributed by atoms with Gasteiger partial charge in [0.2, 0.25) is 0 Å². The molecule has 0 saturated carbocycles. The van der Waals surface area contributed by atoms with Gasteiger partial charge in [-0.15, -0.1) is 0 Å². The highest BCUT2D eigenvalue weighted by molar-refractivity contribution is 5.95. The molecule has 2 heterocycles. The van der Waals surface area contributed by atoms with Gasteiger partial charge in [0.05, 0.1) is 0 Å². The molecule has 2 aromatic rings. The van der Waals surface area contributed by atoms with Gasteiger partial charge in [0.15, 0.2) is 0 Å². The van der Waals surface area contributed by atoms with Gasteiger partial charge in [0, 0.05) is 24.9 Å². The standard InChI is InChI=1S/C19H24N2O3/c1-4-6-13(2)16-11-14(3)17(19(23)24-16)18(22)21-10-8-15-7-5-9-20-12-15/h5,7,9,11-13H,4,6,8,10H2,1-3H3,(H,21,22). The Morgan fingerprint density at radius 2 is 2.21 bits per heavy atom. The van der Waals surface area contributed by atoms with Crippen LogP contribution in [0.15, 0.2) is 39.8 Å². The number of aromatic nitrogens is 1. The highest BCUT2D eigenvalue weighted by Gasteiger charge is 2.18. The second-order valence-electron chi connectivity index (χ2n) is 6.05. The molecule has 5 nitrogen and oxygen atoms in total. The smallest absolute Gasteiger partial charge is 0.349 e. The molecule has 5 heteroatoms. The van der Waals surface area contributed by atoms with Crippen molar-refractivity contribution in [2.45, 2.75) is 46.0 Å². The fourth-order valence-electron chi connectivity index (χ4n) is 2.68. The molecule has 0 saturated heterocycles. The van der Waals surface area contributed by atoms with Crippen LogP contribution in [-0.2, 0) is 6.42 Å². The maximum Gasteiger partial charge on any atom is 0.349 e. The topological polar surface area (TPSA) is 72.2 Å². The van der Waals surface area contributed by atoms with E-state index in [9.17, 15) is 9.59 Å². The number of amides is 1. The van der Waals surface area contributed by atoms with Crippen molar-refractivity contribution in [1.29, 1.82) is 0 Å². The predicted octanol–water partition coefficient (Wildman–Crippen LogP) is 3.22. The van der Waals surface area contributed by atoms with Gasteiger partial charge in [-0.3, -0.25) is 9.78 Å². The molecule has 1 N–H and O–H groups in total. The van der Waals surface area contributed by atoms with Gasteiger partial charge in [-0.2, -0.15) is 0 Å². The lowest BCUT2D eigenvalue weighted by molar-refractivity contribution is 0.0949. The summed E-state index contributed by atoms with van der Waals surface area (Å²) in [6, 6.07) is 5.60. The Morgan fingerprint density at radius 1 is 1.42 bits per heavy atom. The molecule has 2 rings (SSSR count). The van der Waals surface area contributed by atoms with Crippen molar-refractivity contribution in [3.8, 4) is 0 Å². The number of carbonyl (C=O) groups excluding carboxylic acids is 1. The third kappa shape index (κ3) is 4.54. The van der Waals surface area contributed by atoms with Crippen LogP contribution in [0.5, 0.6) is 0 Å². The van der Waals surface area contributed by atoms with Crippen molar-refractivity contribution in [2.24, 2.45) is 0 Å². The quantitative estimate of drug-likeness (QED) is 0.847. The van der Waals surface area contributed by atoms with E-state index < -0.39 is 5.63 Å². The fraction of sp³-hybridized carbons (Fsp3) is 0.421. The number of pyridine rings is 1. The van der Waals surface area contributed by atoms with E-state index in [-0.39, 0.29) is 17.4 Å². The number of nitrogens with one attached hydrogen (secondary N) is 1. The molecule has 128 valence electrons. The molecule has 1 amide bonds. The first-order valence-electron chi connectivity index (χ1n) is 8.34. The normalized spacial score (nSPS) is 12.0. The van der Waals surface area contributed by atoms with Crippen LogP contribution in [0.1, 0.15) is 59.9 Å². The van der Waals surface area contributed by atoms with Gasteiger partial charge in [0.25, 0.3) is 5.91 Å². The lowest BCUT2D eigenvalue weighted by Crippen LogP contribution is -2.31. The van der Waals surface area contributed by atoms with Gasteiger partial charge < -0.3 is 9.73 Å². The minimum atomic E-state index is -0.563. The van der Waals surface area contributed by atoms with Crippen LogP contribution in [0, 0.1) is 6.92 Å². The van der Waals surface area contributed by atoms with E-state index in [2.05, 4.69) is 17.2 Å². The summed E-state index contributed by atoms with van der Waals surface area (Å²) in [5.74, 6) is 0.426. The van der Waals surface area contributed by atoms with Crippen LogP contribution in [0.2, 0.25) is 0 Å².